The molecule has 0 unspecified atom stereocenters. The molecule has 6 nitrogen and oxygen atoms in total. The van der Waals surface area contributed by atoms with E-state index in [-0.39, 0.29) is 0 Å². The van der Waals surface area contributed by atoms with Gasteiger partial charge in [-0.1, -0.05) is 11.6 Å². The molecule has 2 rings (SSSR count). The third kappa shape index (κ3) is 3.17. The Hall–Kier alpha value is -0.890. The van der Waals surface area contributed by atoms with Crippen molar-refractivity contribution in [3.63, 3.8) is 0 Å². The third-order valence-electron chi connectivity index (χ3n) is 2.91. The number of rotatable bonds is 3. The van der Waals surface area contributed by atoms with Crippen LogP contribution in [0.1, 0.15) is 0 Å². The van der Waals surface area contributed by atoms with Crippen molar-refractivity contribution in [3.8, 4) is 5.75 Å². The normalized spacial score (nSPS) is 35.1. The second-order valence-electron chi connectivity index (χ2n) is 4.27. The molecule has 0 aromatic heterocycles. The van der Waals surface area contributed by atoms with E-state index in [2.05, 4.69) is 0 Å². The Bertz CT molecular complexity index is 409. The van der Waals surface area contributed by atoms with E-state index in [1.165, 1.54) is 0 Å². The van der Waals surface area contributed by atoms with E-state index in [9.17, 15) is 15.3 Å². The van der Waals surface area contributed by atoms with Gasteiger partial charge in [-0.3, -0.25) is 0 Å². The molecule has 7 heteroatoms. The highest BCUT2D eigenvalue weighted by atomic mass is 35.5. The standard InChI is InChI=1S/C12H15ClO6/c13-6-1-3-7(4-2-6)18-12-11(17)10(16)9(15)8(5-14)19-12/h1-4,8-12,14-17H,5H2/t8-,9+,10+,11-,12-/m0/s1. The van der Waals surface area contributed by atoms with Gasteiger partial charge in [-0.2, -0.15) is 0 Å². The Balaban J connectivity index is 2.08. The first-order valence-electron chi connectivity index (χ1n) is 5.75. The first-order chi connectivity index (χ1) is 9.02. The van der Waals surface area contributed by atoms with Crippen molar-refractivity contribution < 1.29 is 29.9 Å². The second kappa shape index (κ2) is 6.04. The summed E-state index contributed by atoms with van der Waals surface area (Å²) < 4.78 is 10.6. The zero-order chi connectivity index (χ0) is 14.0. The summed E-state index contributed by atoms with van der Waals surface area (Å²) in [7, 11) is 0. The van der Waals surface area contributed by atoms with Gasteiger partial charge >= 0.3 is 0 Å². The molecule has 0 bridgehead atoms. The molecule has 0 amide bonds. The molecule has 19 heavy (non-hydrogen) atoms. The van der Waals surface area contributed by atoms with Crippen LogP contribution in [0.3, 0.4) is 0 Å². The Morgan fingerprint density at radius 2 is 1.68 bits per heavy atom. The average Bonchev–Trinajstić information content (AvgIpc) is 2.42. The highest BCUT2D eigenvalue weighted by Gasteiger charge is 2.44. The topological polar surface area (TPSA) is 99.4 Å². The van der Waals surface area contributed by atoms with Gasteiger partial charge in [0.1, 0.15) is 30.2 Å². The van der Waals surface area contributed by atoms with Crippen LogP contribution in [0.25, 0.3) is 0 Å². The van der Waals surface area contributed by atoms with Gasteiger partial charge in [0.25, 0.3) is 0 Å². The Kier molecular flexibility index (Phi) is 4.62. The van der Waals surface area contributed by atoms with Crippen molar-refractivity contribution in [1.82, 2.24) is 0 Å². The predicted molar refractivity (Wildman–Crippen MR) is 65.8 cm³/mol. The van der Waals surface area contributed by atoms with Gasteiger partial charge in [-0.15, -0.1) is 0 Å². The Morgan fingerprint density at radius 3 is 2.26 bits per heavy atom. The van der Waals surface area contributed by atoms with Crippen LogP contribution in [-0.2, 0) is 4.74 Å². The third-order valence-corrected chi connectivity index (χ3v) is 3.17. The minimum atomic E-state index is -1.46. The summed E-state index contributed by atoms with van der Waals surface area (Å²) in [6.45, 7) is -0.495. The molecule has 1 aliphatic rings. The fraction of sp³-hybridized carbons (Fsp3) is 0.500. The average molecular weight is 291 g/mol. The van der Waals surface area contributed by atoms with Crippen molar-refractivity contribution in [1.29, 1.82) is 0 Å². The molecule has 1 fully saturated rings. The van der Waals surface area contributed by atoms with E-state index in [0.717, 1.165) is 0 Å². The van der Waals surface area contributed by atoms with E-state index < -0.39 is 37.3 Å². The van der Waals surface area contributed by atoms with Gasteiger partial charge < -0.3 is 29.9 Å². The molecule has 1 heterocycles. The van der Waals surface area contributed by atoms with Gasteiger partial charge in [0, 0.05) is 5.02 Å². The number of ether oxygens (including phenoxy) is 2. The van der Waals surface area contributed by atoms with E-state index in [1.54, 1.807) is 24.3 Å². The van der Waals surface area contributed by atoms with Crippen molar-refractivity contribution in [2.45, 2.75) is 30.7 Å². The highest BCUT2D eigenvalue weighted by molar-refractivity contribution is 6.30. The van der Waals surface area contributed by atoms with Gasteiger partial charge in [0.05, 0.1) is 6.61 Å². The lowest BCUT2D eigenvalue weighted by Crippen LogP contribution is -2.60. The number of hydrogen-bond donors (Lipinski definition) is 4. The molecule has 106 valence electrons. The van der Waals surface area contributed by atoms with E-state index >= 15 is 0 Å². The zero-order valence-corrected chi connectivity index (χ0v) is 10.6. The summed E-state index contributed by atoms with van der Waals surface area (Å²) in [6.07, 6.45) is -6.45. The van der Waals surface area contributed by atoms with Gasteiger partial charge in [-0.25, -0.2) is 0 Å². The second-order valence-corrected chi connectivity index (χ2v) is 4.71. The molecule has 0 radical (unpaired) electrons. The molecule has 0 spiro atoms. The summed E-state index contributed by atoms with van der Waals surface area (Å²) in [5.74, 6) is 0.383. The summed E-state index contributed by atoms with van der Waals surface area (Å²) in [4.78, 5) is 0. The smallest absolute Gasteiger partial charge is 0.229 e. The van der Waals surface area contributed by atoms with Gasteiger partial charge in [0.2, 0.25) is 6.29 Å². The molecule has 1 saturated heterocycles. The molecule has 1 aliphatic heterocycles. The Morgan fingerprint density at radius 1 is 1.05 bits per heavy atom. The number of aliphatic hydroxyl groups excluding tert-OH is 4. The van der Waals surface area contributed by atoms with Gasteiger partial charge in [-0.05, 0) is 24.3 Å². The van der Waals surface area contributed by atoms with Crippen molar-refractivity contribution >= 4 is 11.6 Å². The lowest BCUT2D eigenvalue weighted by Gasteiger charge is -2.39. The highest BCUT2D eigenvalue weighted by Crippen LogP contribution is 2.24. The predicted octanol–water partition coefficient (Wildman–Crippen LogP) is -0.481. The molecule has 1 aromatic rings. The summed E-state index contributed by atoms with van der Waals surface area (Å²) >= 11 is 5.73. The zero-order valence-electron chi connectivity index (χ0n) is 9.89. The lowest BCUT2D eigenvalue weighted by atomic mass is 9.99. The fourth-order valence-electron chi connectivity index (χ4n) is 1.81. The van der Waals surface area contributed by atoms with Crippen LogP contribution in [0.15, 0.2) is 24.3 Å². The van der Waals surface area contributed by atoms with E-state index in [4.69, 9.17) is 26.2 Å². The number of benzene rings is 1. The summed E-state index contributed by atoms with van der Waals surface area (Å²) in [5.41, 5.74) is 0. The Labute approximate surface area is 114 Å². The van der Waals surface area contributed by atoms with E-state index in [0.29, 0.717) is 10.8 Å². The van der Waals surface area contributed by atoms with Crippen LogP contribution in [-0.4, -0.2) is 57.7 Å². The molecular formula is C12H15ClO6. The van der Waals surface area contributed by atoms with Crippen LogP contribution in [0.4, 0.5) is 0 Å². The largest absolute Gasteiger partial charge is 0.462 e. The number of halogens is 1. The van der Waals surface area contributed by atoms with Crippen LogP contribution in [0.2, 0.25) is 5.02 Å². The van der Waals surface area contributed by atoms with Crippen LogP contribution < -0.4 is 4.74 Å². The van der Waals surface area contributed by atoms with Gasteiger partial charge in [0.15, 0.2) is 0 Å². The number of hydrogen-bond acceptors (Lipinski definition) is 6. The lowest BCUT2D eigenvalue weighted by molar-refractivity contribution is -0.277. The molecule has 0 aliphatic carbocycles. The monoisotopic (exact) mass is 290 g/mol. The summed E-state index contributed by atoms with van der Waals surface area (Å²) in [6, 6.07) is 6.34. The minimum Gasteiger partial charge on any atom is -0.462 e. The summed E-state index contributed by atoms with van der Waals surface area (Å²) in [5, 5.41) is 38.5. The van der Waals surface area contributed by atoms with Crippen molar-refractivity contribution in [2.75, 3.05) is 6.61 Å². The van der Waals surface area contributed by atoms with Crippen molar-refractivity contribution in [3.05, 3.63) is 29.3 Å². The molecule has 4 N–H and O–H groups in total. The maximum absolute atomic E-state index is 9.77. The fourth-order valence-corrected chi connectivity index (χ4v) is 1.94. The molecule has 0 saturated carbocycles. The maximum Gasteiger partial charge on any atom is 0.229 e. The molecular weight excluding hydrogens is 276 g/mol. The molecule has 5 atom stereocenters. The minimum absolute atomic E-state index is 0.383. The maximum atomic E-state index is 9.77. The first kappa shape index (κ1) is 14.5. The quantitative estimate of drug-likeness (QED) is 0.600. The van der Waals surface area contributed by atoms with Crippen LogP contribution >= 0.6 is 11.6 Å². The first-order valence-corrected chi connectivity index (χ1v) is 6.13. The SMILES string of the molecule is OC[C@@H]1O[C@H](Oc2ccc(Cl)cc2)[C@@H](O)[C@H](O)[C@@H]1O. The van der Waals surface area contributed by atoms with Crippen LogP contribution in [0.5, 0.6) is 5.75 Å². The molecule has 1 aromatic carbocycles. The van der Waals surface area contributed by atoms with Crippen LogP contribution in [0, 0.1) is 0 Å². The number of aliphatic hydroxyl groups is 4. The van der Waals surface area contributed by atoms with E-state index in [1.807, 2.05) is 0 Å². The van der Waals surface area contributed by atoms with Crippen molar-refractivity contribution in [2.24, 2.45) is 0 Å².